The number of para-hydroxylation sites is 1. The number of hydrogen-bond acceptors (Lipinski definition) is 9. The van der Waals surface area contributed by atoms with Crippen molar-refractivity contribution in [2.45, 2.75) is 108 Å². The Morgan fingerprint density at radius 1 is 0.588 bits per heavy atom. The number of benzene rings is 3. The van der Waals surface area contributed by atoms with Gasteiger partial charge in [-0.05, 0) is 48.9 Å². The third-order valence-corrected chi connectivity index (χ3v) is 10.9. The number of rotatable bonds is 27. The lowest BCUT2D eigenvalue weighted by Gasteiger charge is -2.26. The summed E-state index contributed by atoms with van der Waals surface area (Å²) in [5.41, 5.74) is 19.7. The molecule has 4 rings (SSSR count). The van der Waals surface area contributed by atoms with Crippen LogP contribution in [-0.2, 0) is 57.6 Å². The largest absolute Gasteiger partial charge is 0.370 e. The summed E-state index contributed by atoms with van der Waals surface area (Å²) in [7, 11) is 0. The number of primary amides is 1. The van der Waals surface area contributed by atoms with Gasteiger partial charge < -0.3 is 59.4 Å². The van der Waals surface area contributed by atoms with Crippen molar-refractivity contribution in [3.63, 3.8) is 0 Å². The lowest BCUT2D eigenvalue weighted by atomic mass is 10.0. The molecule has 364 valence electrons. The van der Waals surface area contributed by atoms with Gasteiger partial charge in [-0.1, -0.05) is 98.6 Å². The number of H-pyrrole nitrogens is 1. The predicted molar refractivity (Wildman–Crippen MR) is 257 cm³/mol. The molecule has 8 amide bonds. The van der Waals surface area contributed by atoms with Crippen molar-refractivity contribution in [3.05, 3.63) is 108 Å². The van der Waals surface area contributed by atoms with Gasteiger partial charge in [0.1, 0.15) is 36.3 Å². The van der Waals surface area contributed by atoms with Crippen molar-refractivity contribution in [1.82, 2.24) is 42.2 Å². The Labute approximate surface area is 395 Å². The van der Waals surface area contributed by atoms with Crippen molar-refractivity contribution in [1.29, 1.82) is 0 Å². The van der Waals surface area contributed by atoms with Crippen LogP contribution in [0.4, 0.5) is 0 Å². The first-order valence-electron chi connectivity index (χ1n) is 22.6. The van der Waals surface area contributed by atoms with Crippen LogP contribution in [0.3, 0.4) is 0 Å². The maximum absolute atomic E-state index is 14.3. The molecule has 3 aromatic carbocycles. The zero-order chi connectivity index (χ0) is 49.6. The molecule has 0 fully saturated rings. The van der Waals surface area contributed by atoms with E-state index in [9.17, 15) is 38.4 Å². The summed E-state index contributed by atoms with van der Waals surface area (Å²) in [6.45, 7) is 4.24. The quantitative estimate of drug-likeness (QED) is 0.0216. The Morgan fingerprint density at radius 3 is 1.71 bits per heavy atom. The first kappa shape index (κ1) is 52.9. The van der Waals surface area contributed by atoms with Gasteiger partial charge in [0.05, 0.1) is 6.54 Å². The van der Waals surface area contributed by atoms with Gasteiger partial charge >= 0.3 is 0 Å². The van der Waals surface area contributed by atoms with Gasteiger partial charge in [-0.3, -0.25) is 43.3 Å². The zero-order valence-electron chi connectivity index (χ0n) is 38.6. The maximum Gasteiger partial charge on any atom is 0.243 e. The molecule has 0 bridgehead atoms. The van der Waals surface area contributed by atoms with Crippen molar-refractivity contribution in [2.24, 2.45) is 22.2 Å². The predicted octanol–water partition coefficient (Wildman–Crippen LogP) is -0.0103. The van der Waals surface area contributed by atoms with Gasteiger partial charge in [-0.15, -0.1) is 0 Å². The average Bonchev–Trinajstić information content (AvgIpc) is 3.72. The van der Waals surface area contributed by atoms with Crippen LogP contribution in [0.1, 0.15) is 69.6 Å². The molecule has 14 N–H and O–H groups in total. The summed E-state index contributed by atoms with van der Waals surface area (Å²) in [5, 5.41) is 19.4. The molecule has 68 heavy (non-hydrogen) atoms. The summed E-state index contributed by atoms with van der Waals surface area (Å²) >= 11 is 0. The number of unbranched alkanes of at least 4 members (excludes halogenated alkanes) is 1. The maximum atomic E-state index is 14.3. The molecule has 0 spiro atoms. The van der Waals surface area contributed by atoms with Crippen LogP contribution in [0.5, 0.6) is 0 Å². The van der Waals surface area contributed by atoms with Crippen LogP contribution in [-0.4, -0.2) is 108 Å². The van der Waals surface area contributed by atoms with E-state index in [2.05, 4.69) is 47.2 Å². The van der Waals surface area contributed by atoms with Gasteiger partial charge in [-0.25, -0.2) is 0 Å². The van der Waals surface area contributed by atoms with Gasteiger partial charge in [0, 0.05) is 49.8 Å². The lowest BCUT2D eigenvalue weighted by molar-refractivity contribution is -0.135. The van der Waals surface area contributed by atoms with Gasteiger partial charge in [0.2, 0.25) is 47.3 Å². The Morgan fingerprint density at radius 2 is 1.12 bits per heavy atom. The van der Waals surface area contributed by atoms with Crippen LogP contribution < -0.4 is 54.4 Å². The number of nitrogens with two attached hydrogens (primary N) is 3. The molecule has 1 aromatic heterocycles. The number of carbonyl (C=O) groups excluding carboxylic acids is 8. The molecule has 1 heterocycles. The van der Waals surface area contributed by atoms with Gasteiger partial charge in [0.15, 0.2) is 5.96 Å². The van der Waals surface area contributed by atoms with Gasteiger partial charge in [-0.2, -0.15) is 0 Å². The monoisotopic (exact) mass is 936 g/mol. The second kappa shape index (κ2) is 27.0. The smallest absolute Gasteiger partial charge is 0.243 e. The third-order valence-electron chi connectivity index (χ3n) is 10.9. The lowest BCUT2D eigenvalue weighted by Crippen LogP contribution is -2.59. The van der Waals surface area contributed by atoms with E-state index in [1.165, 1.54) is 13.8 Å². The van der Waals surface area contributed by atoms with E-state index in [0.29, 0.717) is 24.0 Å². The number of hydrogen-bond donors (Lipinski definition) is 11. The number of nitrogens with zero attached hydrogens (tertiary/aromatic N) is 1. The number of aliphatic imine (C=N–C) groups is 1. The fourth-order valence-electron chi connectivity index (χ4n) is 7.31. The first-order valence-corrected chi connectivity index (χ1v) is 22.6. The Kier molecular flexibility index (Phi) is 21.0. The van der Waals surface area contributed by atoms with E-state index in [4.69, 9.17) is 17.2 Å². The zero-order valence-corrected chi connectivity index (χ0v) is 38.6. The molecule has 0 radical (unpaired) electrons. The minimum Gasteiger partial charge on any atom is -0.370 e. The third kappa shape index (κ3) is 17.6. The SMILES string of the molecule is CCCC[C@H](NC(C)=O)C(=O)NCC(=O)N[C@@H](Cc1ccccc1)C(=O)N[C@H](Cc1ccccc1)C(=O)N[C@@H](CCCN=C(N)N)C(=O)N[C@@H](C)C(=O)N[C@@H](Cc1c[nH]c2ccccc12)C(N)=O. The summed E-state index contributed by atoms with van der Waals surface area (Å²) in [6.07, 6.45) is 3.80. The molecule has 4 aromatic rings. The van der Waals surface area contributed by atoms with E-state index < -0.39 is 90.1 Å². The number of aromatic amines is 1. The molecule has 0 aliphatic heterocycles. The van der Waals surface area contributed by atoms with Crippen molar-refractivity contribution >= 4 is 64.1 Å². The molecule has 0 saturated heterocycles. The molecular formula is C48H64N12O8. The minimum absolute atomic E-state index is 0.00117. The highest BCUT2D eigenvalue weighted by Gasteiger charge is 2.32. The Balaban J connectivity index is 1.52. The molecule has 0 aliphatic rings. The van der Waals surface area contributed by atoms with Gasteiger partial charge in [0.25, 0.3) is 0 Å². The average molecular weight is 937 g/mol. The molecule has 20 nitrogen and oxygen atoms in total. The van der Waals surface area contributed by atoms with Crippen molar-refractivity contribution in [3.8, 4) is 0 Å². The Hall–Kier alpha value is -7.77. The van der Waals surface area contributed by atoms with E-state index in [-0.39, 0.29) is 44.6 Å². The highest BCUT2D eigenvalue weighted by molar-refractivity contribution is 5.97. The minimum atomic E-state index is -1.30. The fourth-order valence-corrected chi connectivity index (χ4v) is 7.31. The molecular weight excluding hydrogens is 873 g/mol. The number of aromatic nitrogens is 1. The van der Waals surface area contributed by atoms with Crippen LogP contribution >= 0.6 is 0 Å². The standard InChI is InChI=1S/C48H64N12O8/c1-4-5-20-36(56-30(3)61)44(65)54-28-41(62)57-39(24-31-15-8-6-9-16-31)46(67)60-40(25-32-17-10-7-11-18-32)47(68)58-37(22-14-23-52-48(50)51)45(66)55-29(2)43(64)59-38(42(49)63)26-33-27-53-35-21-13-12-19-34(33)35/h6-13,15-19,21,27,29,36-40,53H,4-5,14,20,22-26,28H2,1-3H3,(H2,49,63)(H,54,65)(H,55,66)(H,56,61)(H,57,62)(H,58,68)(H,59,64)(H,60,67)(H4,50,51,52)/t29-,36-,37-,38-,39-,40+/m0/s1. The van der Waals surface area contributed by atoms with E-state index in [0.717, 1.165) is 22.9 Å². The van der Waals surface area contributed by atoms with Crippen LogP contribution in [0, 0.1) is 0 Å². The highest BCUT2D eigenvalue weighted by atomic mass is 16.2. The van der Waals surface area contributed by atoms with Crippen LogP contribution in [0.15, 0.2) is 96.1 Å². The highest BCUT2D eigenvalue weighted by Crippen LogP contribution is 2.19. The summed E-state index contributed by atoms with van der Waals surface area (Å²) in [6, 6.07) is 18.1. The molecule has 0 aliphatic carbocycles. The van der Waals surface area contributed by atoms with Crippen molar-refractivity contribution < 1.29 is 38.4 Å². The number of amides is 8. The second-order valence-corrected chi connectivity index (χ2v) is 16.4. The molecule has 0 unspecified atom stereocenters. The summed E-state index contributed by atoms with van der Waals surface area (Å²) < 4.78 is 0. The Bertz CT molecular complexity index is 2370. The van der Waals surface area contributed by atoms with E-state index in [1.807, 2.05) is 31.2 Å². The fraction of sp³-hybridized carbons (Fsp3) is 0.396. The number of guanidine groups is 1. The summed E-state index contributed by atoms with van der Waals surface area (Å²) in [5.74, 6) is -5.59. The number of carbonyl (C=O) groups is 8. The topological polar surface area (TPSA) is 327 Å². The molecule has 0 saturated carbocycles. The first-order chi connectivity index (χ1) is 32.5. The molecule has 20 heteroatoms. The number of nitrogens with one attached hydrogen (secondary N) is 8. The van der Waals surface area contributed by atoms with Crippen molar-refractivity contribution in [2.75, 3.05) is 13.1 Å². The summed E-state index contributed by atoms with van der Waals surface area (Å²) in [4.78, 5) is 114. The molecule has 6 atom stereocenters. The van der Waals surface area contributed by atoms with E-state index in [1.54, 1.807) is 66.9 Å². The number of fused-ring (bicyclic) bond motifs is 1. The van der Waals surface area contributed by atoms with E-state index >= 15 is 0 Å². The normalized spacial score (nSPS) is 13.5. The second-order valence-electron chi connectivity index (χ2n) is 16.4. The van der Waals surface area contributed by atoms with Crippen LogP contribution in [0.25, 0.3) is 10.9 Å². The van der Waals surface area contributed by atoms with Crippen LogP contribution in [0.2, 0.25) is 0 Å².